The molecule has 0 saturated heterocycles. The number of nitrogen functional groups attached to an aromatic ring is 1. The van der Waals surface area contributed by atoms with Crippen molar-refractivity contribution in [2.24, 2.45) is 5.92 Å². The molecule has 0 aliphatic rings. The van der Waals surface area contributed by atoms with Crippen LogP contribution in [0, 0.1) is 5.92 Å². The third-order valence-corrected chi connectivity index (χ3v) is 8.36. The minimum atomic E-state index is -3.32. The highest BCUT2D eigenvalue weighted by Crippen LogP contribution is 2.27. The molecule has 33 heavy (non-hydrogen) atoms. The standard InChI is InChI=1S/C25H36ClN3O3S/c1-6-15-33(31,32)20-13-11-19(12-14-20)24(18(4)29(5)16-17(3)7-2)28-25(30)23-21(26)9-8-10-22(23)27/h8-14,17-18,24H,6-7,15-16,27H2,1-5H3,(H,28,30). The van der Waals surface area contributed by atoms with Crippen LogP contribution < -0.4 is 11.1 Å². The zero-order valence-corrected chi connectivity index (χ0v) is 21.7. The van der Waals surface area contributed by atoms with E-state index in [0.29, 0.717) is 18.0 Å². The molecule has 6 nitrogen and oxygen atoms in total. The molecule has 1 amide bonds. The molecule has 182 valence electrons. The van der Waals surface area contributed by atoms with Crippen LogP contribution in [0.5, 0.6) is 0 Å². The van der Waals surface area contributed by atoms with Crippen LogP contribution in [0.15, 0.2) is 47.4 Å². The minimum Gasteiger partial charge on any atom is -0.398 e. The van der Waals surface area contributed by atoms with Crippen LogP contribution in [0.25, 0.3) is 0 Å². The Morgan fingerprint density at radius 1 is 1.12 bits per heavy atom. The number of amides is 1. The fourth-order valence-corrected chi connectivity index (χ4v) is 5.38. The minimum absolute atomic E-state index is 0.0650. The summed E-state index contributed by atoms with van der Waals surface area (Å²) in [6, 6.07) is 11.3. The fraction of sp³-hybridized carbons (Fsp3) is 0.480. The first-order valence-corrected chi connectivity index (χ1v) is 13.4. The van der Waals surface area contributed by atoms with Crippen molar-refractivity contribution in [3.05, 3.63) is 58.6 Å². The first kappa shape index (κ1) is 27.2. The molecule has 2 aromatic rings. The van der Waals surface area contributed by atoms with Crippen LogP contribution in [0.4, 0.5) is 5.69 Å². The van der Waals surface area contributed by atoms with E-state index in [4.69, 9.17) is 17.3 Å². The van der Waals surface area contributed by atoms with Crippen molar-refractivity contribution >= 4 is 33.0 Å². The van der Waals surface area contributed by atoms with E-state index in [2.05, 4.69) is 24.1 Å². The maximum atomic E-state index is 13.2. The summed E-state index contributed by atoms with van der Waals surface area (Å²) in [5.41, 5.74) is 7.39. The van der Waals surface area contributed by atoms with E-state index < -0.39 is 15.9 Å². The topological polar surface area (TPSA) is 92.5 Å². The summed E-state index contributed by atoms with van der Waals surface area (Å²) in [6.07, 6.45) is 1.60. The van der Waals surface area contributed by atoms with Gasteiger partial charge in [-0.25, -0.2) is 8.42 Å². The van der Waals surface area contributed by atoms with Crippen LogP contribution in [0.1, 0.15) is 62.5 Å². The highest BCUT2D eigenvalue weighted by molar-refractivity contribution is 7.91. The average molecular weight is 494 g/mol. The summed E-state index contributed by atoms with van der Waals surface area (Å²) in [5.74, 6) is 0.232. The van der Waals surface area contributed by atoms with Gasteiger partial charge >= 0.3 is 0 Å². The van der Waals surface area contributed by atoms with Gasteiger partial charge in [-0.05, 0) is 56.1 Å². The highest BCUT2D eigenvalue weighted by atomic mass is 35.5. The van der Waals surface area contributed by atoms with E-state index in [9.17, 15) is 13.2 Å². The Morgan fingerprint density at radius 2 is 1.76 bits per heavy atom. The largest absolute Gasteiger partial charge is 0.398 e. The number of hydrogen-bond donors (Lipinski definition) is 2. The molecule has 3 unspecified atom stereocenters. The molecule has 3 N–H and O–H groups in total. The number of nitrogens with one attached hydrogen (secondary N) is 1. The Balaban J connectivity index is 2.41. The van der Waals surface area contributed by atoms with Gasteiger partial charge in [0.1, 0.15) is 0 Å². The molecule has 0 spiro atoms. The Kier molecular flexibility index (Phi) is 9.76. The SMILES string of the molecule is CCCS(=O)(=O)c1ccc(C(NC(=O)c2c(N)cccc2Cl)C(C)N(C)CC(C)CC)cc1. The molecule has 0 heterocycles. The Labute approximate surface area is 203 Å². The molecule has 8 heteroatoms. The van der Waals surface area contributed by atoms with Crippen LogP contribution >= 0.6 is 11.6 Å². The number of rotatable bonds is 11. The van der Waals surface area contributed by atoms with E-state index in [0.717, 1.165) is 18.5 Å². The molecule has 2 aromatic carbocycles. The summed E-state index contributed by atoms with van der Waals surface area (Å²) in [7, 11) is -1.29. The highest BCUT2D eigenvalue weighted by Gasteiger charge is 2.27. The lowest BCUT2D eigenvalue weighted by molar-refractivity contribution is 0.0900. The molecule has 0 aliphatic heterocycles. The molecule has 0 radical (unpaired) electrons. The molecular weight excluding hydrogens is 458 g/mol. The van der Waals surface area contributed by atoms with Gasteiger partial charge in [-0.1, -0.05) is 57.0 Å². The van der Waals surface area contributed by atoms with Crippen LogP contribution in [-0.4, -0.2) is 44.6 Å². The van der Waals surface area contributed by atoms with Crippen molar-refractivity contribution < 1.29 is 13.2 Å². The van der Waals surface area contributed by atoms with Gasteiger partial charge in [0.25, 0.3) is 5.91 Å². The summed E-state index contributed by atoms with van der Waals surface area (Å²) < 4.78 is 24.9. The summed E-state index contributed by atoms with van der Waals surface area (Å²) in [4.78, 5) is 15.7. The molecule has 0 aromatic heterocycles. The molecule has 0 saturated carbocycles. The Hall–Kier alpha value is -2.09. The van der Waals surface area contributed by atoms with E-state index in [1.807, 2.05) is 20.9 Å². The fourth-order valence-electron chi connectivity index (χ4n) is 3.79. The van der Waals surface area contributed by atoms with Gasteiger partial charge in [0.2, 0.25) is 0 Å². The number of benzene rings is 2. The zero-order chi connectivity index (χ0) is 24.8. The average Bonchev–Trinajstić information content (AvgIpc) is 2.76. The maximum absolute atomic E-state index is 13.2. The zero-order valence-electron chi connectivity index (χ0n) is 20.1. The van der Waals surface area contributed by atoms with Crippen molar-refractivity contribution in [1.29, 1.82) is 0 Å². The number of nitrogens with two attached hydrogens (primary N) is 1. The van der Waals surface area contributed by atoms with Gasteiger partial charge in [-0.15, -0.1) is 0 Å². The van der Waals surface area contributed by atoms with Crippen LogP contribution in [0.2, 0.25) is 5.02 Å². The van der Waals surface area contributed by atoms with Crippen molar-refractivity contribution in [2.75, 3.05) is 25.1 Å². The lowest BCUT2D eigenvalue weighted by Gasteiger charge is -2.34. The molecule has 2 rings (SSSR count). The van der Waals surface area contributed by atoms with Gasteiger partial charge in [0, 0.05) is 18.3 Å². The van der Waals surface area contributed by atoms with E-state index in [1.165, 1.54) is 0 Å². The van der Waals surface area contributed by atoms with Gasteiger partial charge in [-0.2, -0.15) is 0 Å². The first-order valence-electron chi connectivity index (χ1n) is 11.4. The van der Waals surface area contributed by atoms with Crippen molar-refractivity contribution in [3.8, 4) is 0 Å². The predicted octanol–water partition coefficient (Wildman–Crippen LogP) is 4.94. The molecule has 0 fully saturated rings. The van der Waals surface area contributed by atoms with Crippen molar-refractivity contribution in [1.82, 2.24) is 10.2 Å². The Bertz CT molecular complexity index is 1020. The van der Waals surface area contributed by atoms with Crippen LogP contribution in [-0.2, 0) is 9.84 Å². The van der Waals surface area contributed by atoms with Crippen molar-refractivity contribution in [2.45, 2.75) is 57.5 Å². The smallest absolute Gasteiger partial charge is 0.255 e. The van der Waals surface area contributed by atoms with Crippen molar-refractivity contribution in [3.63, 3.8) is 0 Å². The number of carbonyl (C=O) groups is 1. The third-order valence-electron chi connectivity index (χ3n) is 6.10. The lowest BCUT2D eigenvalue weighted by Crippen LogP contribution is -2.44. The maximum Gasteiger partial charge on any atom is 0.255 e. The van der Waals surface area contributed by atoms with Crippen LogP contribution in [0.3, 0.4) is 0 Å². The molecule has 0 bridgehead atoms. The molecular formula is C25H36ClN3O3S. The number of anilines is 1. The quantitative estimate of drug-likeness (QED) is 0.432. The van der Waals surface area contributed by atoms with Gasteiger partial charge < -0.3 is 16.0 Å². The second-order valence-electron chi connectivity index (χ2n) is 8.74. The van der Waals surface area contributed by atoms with Gasteiger partial charge in [0.05, 0.1) is 27.3 Å². The number of halogens is 1. The van der Waals surface area contributed by atoms with E-state index in [1.54, 1.807) is 42.5 Å². The molecule has 0 aliphatic carbocycles. The lowest BCUT2D eigenvalue weighted by atomic mass is 9.97. The summed E-state index contributed by atoms with van der Waals surface area (Å²) in [5, 5.41) is 3.38. The second-order valence-corrected chi connectivity index (χ2v) is 11.3. The van der Waals surface area contributed by atoms with E-state index in [-0.39, 0.29) is 33.2 Å². The predicted molar refractivity (Wildman–Crippen MR) is 136 cm³/mol. The van der Waals surface area contributed by atoms with E-state index >= 15 is 0 Å². The molecule has 3 atom stereocenters. The number of sulfone groups is 1. The number of likely N-dealkylation sites (N-methyl/N-ethyl adjacent to an activating group) is 1. The second kappa shape index (κ2) is 11.9. The Morgan fingerprint density at radius 3 is 2.30 bits per heavy atom. The number of carbonyl (C=O) groups excluding carboxylic acids is 1. The first-order chi connectivity index (χ1) is 15.5. The third kappa shape index (κ3) is 6.95. The van der Waals surface area contributed by atoms with Gasteiger partial charge in [0.15, 0.2) is 9.84 Å². The monoisotopic (exact) mass is 493 g/mol. The number of nitrogens with zero attached hydrogens (tertiary/aromatic N) is 1. The summed E-state index contributed by atoms with van der Waals surface area (Å²) >= 11 is 6.27. The summed E-state index contributed by atoms with van der Waals surface area (Å²) in [6.45, 7) is 9.09. The number of hydrogen-bond acceptors (Lipinski definition) is 5. The van der Waals surface area contributed by atoms with Gasteiger partial charge in [-0.3, -0.25) is 4.79 Å². The normalized spacial score (nSPS) is 14.6.